The molecule has 0 bridgehead atoms. The number of aryl methyl sites for hydroxylation is 1. The SMILES string of the molecule is COc1cc(Cl)c(C)cc1NC(=O)c1ccc(C(C)C)cc1. The molecule has 2 aromatic carbocycles. The number of anilines is 1. The van der Waals surface area contributed by atoms with Gasteiger partial charge in [-0.15, -0.1) is 0 Å². The van der Waals surface area contributed by atoms with E-state index in [1.165, 1.54) is 5.56 Å². The first-order chi connectivity index (χ1) is 10.4. The van der Waals surface area contributed by atoms with Crippen molar-refractivity contribution in [3.63, 3.8) is 0 Å². The molecule has 0 aromatic heterocycles. The van der Waals surface area contributed by atoms with Gasteiger partial charge >= 0.3 is 0 Å². The molecule has 2 rings (SSSR count). The molecule has 0 fully saturated rings. The molecular weight excluding hydrogens is 298 g/mol. The molecule has 0 spiro atoms. The van der Waals surface area contributed by atoms with Crippen LogP contribution < -0.4 is 10.1 Å². The van der Waals surface area contributed by atoms with Crippen LogP contribution in [0.3, 0.4) is 0 Å². The quantitative estimate of drug-likeness (QED) is 0.858. The third-order valence-corrected chi connectivity index (χ3v) is 3.98. The van der Waals surface area contributed by atoms with Gasteiger partial charge in [-0.1, -0.05) is 37.6 Å². The molecule has 0 unspecified atom stereocenters. The molecule has 0 radical (unpaired) electrons. The fourth-order valence-corrected chi connectivity index (χ4v) is 2.30. The molecule has 0 heterocycles. The number of nitrogens with one attached hydrogen (secondary N) is 1. The predicted octanol–water partition coefficient (Wildman–Crippen LogP) is 5.03. The highest BCUT2D eigenvalue weighted by Gasteiger charge is 2.12. The highest BCUT2D eigenvalue weighted by atomic mass is 35.5. The number of amides is 1. The van der Waals surface area contributed by atoms with Gasteiger partial charge in [-0.05, 0) is 42.2 Å². The van der Waals surface area contributed by atoms with E-state index in [0.29, 0.717) is 27.9 Å². The maximum atomic E-state index is 12.4. The lowest BCUT2D eigenvalue weighted by Crippen LogP contribution is -2.13. The van der Waals surface area contributed by atoms with Crippen LogP contribution in [0.4, 0.5) is 5.69 Å². The molecule has 22 heavy (non-hydrogen) atoms. The van der Waals surface area contributed by atoms with Crippen molar-refractivity contribution in [2.45, 2.75) is 26.7 Å². The van der Waals surface area contributed by atoms with E-state index in [1.54, 1.807) is 13.2 Å². The largest absolute Gasteiger partial charge is 0.495 e. The molecule has 1 N–H and O–H groups in total. The maximum Gasteiger partial charge on any atom is 0.255 e. The predicted molar refractivity (Wildman–Crippen MR) is 91.2 cm³/mol. The second-order valence-corrected chi connectivity index (χ2v) is 5.94. The Bertz CT molecular complexity index is 678. The number of carbonyl (C=O) groups is 1. The van der Waals surface area contributed by atoms with Gasteiger partial charge in [0.05, 0.1) is 12.8 Å². The summed E-state index contributed by atoms with van der Waals surface area (Å²) in [5, 5.41) is 3.48. The molecule has 0 atom stereocenters. The molecule has 3 nitrogen and oxygen atoms in total. The Labute approximate surface area is 136 Å². The zero-order valence-corrected chi connectivity index (χ0v) is 14.0. The number of halogens is 1. The minimum absolute atomic E-state index is 0.171. The average molecular weight is 318 g/mol. The zero-order valence-electron chi connectivity index (χ0n) is 13.2. The molecule has 2 aromatic rings. The lowest BCUT2D eigenvalue weighted by molar-refractivity contribution is 0.102. The van der Waals surface area contributed by atoms with E-state index in [9.17, 15) is 4.79 Å². The van der Waals surface area contributed by atoms with Crippen molar-refractivity contribution in [1.82, 2.24) is 0 Å². The smallest absolute Gasteiger partial charge is 0.255 e. The normalized spacial score (nSPS) is 10.6. The fourth-order valence-electron chi connectivity index (χ4n) is 2.14. The molecule has 0 aliphatic rings. The van der Waals surface area contributed by atoms with Crippen LogP contribution >= 0.6 is 11.6 Å². The summed E-state index contributed by atoms with van der Waals surface area (Å²) in [4.78, 5) is 12.4. The summed E-state index contributed by atoms with van der Waals surface area (Å²) in [6.07, 6.45) is 0. The van der Waals surface area contributed by atoms with Gasteiger partial charge < -0.3 is 10.1 Å². The second kappa shape index (κ2) is 6.84. The number of carbonyl (C=O) groups excluding carboxylic acids is 1. The van der Waals surface area contributed by atoms with Crippen LogP contribution in [-0.4, -0.2) is 13.0 Å². The third kappa shape index (κ3) is 3.60. The summed E-state index contributed by atoms with van der Waals surface area (Å²) >= 11 is 6.07. The van der Waals surface area contributed by atoms with Crippen molar-refractivity contribution in [3.8, 4) is 5.75 Å². The van der Waals surface area contributed by atoms with E-state index in [0.717, 1.165) is 5.56 Å². The van der Waals surface area contributed by atoms with Gasteiger partial charge in [0, 0.05) is 16.7 Å². The Morgan fingerprint density at radius 1 is 1.18 bits per heavy atom. The van der Waals surface area contributed by atoms with Crippen LogP contribution in [0, 0.1) is 6.92 Å². The summed E-state index contributed by atoms with van der Waals surface area (Å²) < 4.78 is 5.27. The molecule has 4 heteroatoms. The monoisotopic (exact) mass is 317 g/mol. The Hall–Kier alpha value is -2.00. The van der Waals surface area contributed by atoms with E-state index in [4.69, 9.17) is 16.3 Å². The summed E-state index contributed by atoms with van der Waals surface area (Å²) in [5.74, 6) is 0.814. The van der Waals surface area contributed by atoms with E-state index in [-0.39, 0.29) is 5.91 Å². The highest BCUT2D eigenvalue weighted by molar-refractivity contribution is 6.31. The topological polar surface area (TPSA) is 38.3 Å². The highest BCUT2D eigenvalue weighted by Crippen LogP contribution is 2.31. The van der Waals surface area contributed by atoms with Crippen LogP contribution in [0.15, 0.2) is 36.4 Å². The van der Waals surface area contributed by atoms with Gasteiger partial charge in [0.15, 0.2) is 0 Å². The third-order valence-electron chi connectivity index (χ3n) is 3.57. The number of ether oxygens (including phenoxy) is 1. The molecular formula is C18H20ClNO2. The Kier molecular flexibility index (Phi) is 5.09. The van der Waals surface area contributed by atoms with Crippen LogP contribution in [-0.2, 0) is 0 Å². The summed E-state index contributed by atoms with van der Waals surface area (Å²) in [6.45, 7) is 6.13. The number of hydrogen-bond donors (Lipinski definition) is 1. The first kappa shape index (κ1) is 16.4. The second-order valence-electron chi connectivity index (χ2n) is 5.53. The minimum atomic E-state index is -0.171. The molecule has 0 saturated heterocycles. The summed E-state index contributed by atoms with van der Waals surface area (Å²) in [5.41, 5.74) is 3.31. The van der Waals surface area contributed by atoms with Crippen molar-refractivity contribution in [2.24, 2.45) is 0 Å². The Balaban J connectivity index is 2.23. The number of benzene rings is 2. The first-order valence-electron chi connectivity index (χ1n) is 7.17. The van der Waals surface area contributed by atoms with E-state index in [2.05, 4.69) is 19.2 Å². The summed E-state index contributed by atoms with van der Waals surface area (Å²) in [7, 11) is 1.55. The van der Waals surface area contributed by atoms with Gasteiger partial charge in [-0.25, -0.2) is 0 Å². The zero-order chi connectivity index (χ0) is 16.3. The molecule has 0 aliphatic carbocycles. The Morgan fingerprint density at radius 2 is 1.82 bits per heavy atom. The number of methoxy groups -OCH3 is 1. The van der Waals surface area contributed by atoms with E-state index < -0.39 is 0 Å². The van der Waals surface area contributed by atoms with Crippen molar-refractivity contribution >= 4 is 23.2 Å². The van der Waals surface area contributed by atoms with Gasteiger partial charge in [0.2, 0.25) is 0 Å². The van der Waals surface area contributed by atoms with Crippen LogP contribution in [0.5, 0.6) is 5.75 Å². The van der Waals surface area contributed by atoms with Gasteiger partial charge in [-0.2, -0.15) is 0 Å². The lowest BCUT2D eigenvalue weighted by atomic mass is 10.0. The fraction of sp³-hybridized carbons (Fsp3) is 0.278. The van der Waals surface area contributed by atoms with E-state index in [1.807, 2.05) is 37.3 Å². The van der Waals surface area contributed by atoms with Gasteiger partial charge in [0.1, 0.15) is 5.75 Å². The molecule has 1 amide bonds. The molecule has 116 valence electrons. The van der Waals surface area contributed by atoms with Crippen molar-refractivity contribution < 1.29 is 9.53 Å². The van der Waals surface area contributed by atoms with Crippen molar-refractivity contribution in [3.05, 3.63) is 58.1 Å². The average Bonchev–Trinajstić information content (AvgIpc) is 2.50. The van der Waals surface area contributed by atoms with Gasteiger partial charge in [-0.3, -0.25) is 4.79 Å². The summed E-state index contributed by atoms with van der Waals surface area (Å²) in [6, 6.07) is 11.1. The van der Waals surface area contributed by atoms with Gasteiger partial charge in [0.25, 0.3) is 5.91 Å². The van der Waals surface area contributed by atoms with Crippen LogP contribution in [0.1, 0.15) is 41.3 Å². The maximum absolute atomic E-state index is 12.4. The molecule has 0 aliphatic heterocycles. The van der Waals surface area contributed by atoms with Crippen LogP contribution in [0.2, 0.25) is 5.02 Å². The number of hydrogen-bond acceptors (Lipinski definition) is 2. The molecule has 0 saturated carbocycles. The minimum Gasteiger partial charge on any atom is -0.495 e. The standard InChI is InChI=1S/C18H20ClNO2/c1-11(2)13-5-7-14(8-6-13)18(21)20-16-9-12(3)15(19)10-17(16)22-4/h5-11H,1-4H3,(H,20,21). The Morgan fingerprint density at radius 3 is 2.36 bits per heavy atom. The van der Waals surface area contributed by atoms with Crippen molar-refractivity contribution in [1.29, 1.82) is 0 Å². The van der Waals surface area contributed by atoms with E-state index >= 15 is 0 Å². The van der Waals surface area contributed by atoms with Crippen LogP contribution in [0.25, 0.3) is 0 Å². The lowest BCUT2D eigenvalue weighted by Gasteiger charge is -2.13. The van der Waals surface area contributed by atoms with Crippen molar-refractivity contribution in [2.75, 3.05) is 12.4 Å². The first-order valence-corrected chi connectivity index (χ1v) is 7.55. The number of rotatable bonds is 4.